The van der Waals surface area contributed by atoms with Gasteiger partial charge in [0.15, 0.2) is 0 Å². The maximum atomic E-state index is 11.0. The number of aryl methyl sites for hydroxylation is 1. The van der Waals surface area contributed by atoms with Crippen molar-refractivity contribution in [2.24, 2.45) is 0 Å². The van der Waals surface area contributed by atoms with Crippen LogP contribution in [-0.4, -0.2) is 20.9 Å². The van der Waals surface area contributed by atoms with Crippen LogP contribution in [0.5, 0.6) is 0 Å². The number of nitrogens with zero attached hydrogens (tertiary/aromatic N) is 2. The molecule has 0 saturated carbocycles. The van der Waals surface area contributed by atoms with Gasteiger partial charge in [0.25, 0.3) is 0 Å². The Morgan fingerprint density at radius 2 is 2.24 bits per heavy atom. The number of benzene rings is 1. The maximum Gasteiger partial charge on any atom is 0.337 e. The van der Waals surface area contributed by atoms with Crippen LogP contribution in [0.3, 0.4) is 0 Å². The molecule has 1 N–H and O–H groups in total. The number of rotatable bonds is 2. The van der Waals surface area contributed by atoms with Crippen LogP contribution in [-0.2, 0) is 0 Å². The molecule has 0 bridgehead atoms. The Bertz CT molecular complexity index is 576. The molecule has 4 nitrogen and oxygen atoms in total. The zero-order valence-electron chi connectivity index (χ0n) is 8.82. The molecular formula is C11H8BrClN2O2. The Hall–Kier alpha value is -1.33. The molecule has 88 valence electrons. The van der Waals surface area contributed by atoms with E-state index in [1.165, 1.54) is 6.07 Å². The molecule has 0 radical (unpaired) electrons. The minimum Gasteiger partial charge on any atom is -0.478 e. The number of halogens is 2. The predicted octanol–water partition coefficient (Wildman–Crippen LogP) is 3.29. The van der Waals surface area contributed by atoms with Gasteiger partial charge in [0.1, 0.15) is 0 Å². The normalized spacial score (nSPS) is 10.5. The van der Waals surface area contributed by atoms with Gasteiger partial charge in [-0.3, -0.25) is 0 Å². The molecule has 0 aliphatic carbocycles. The molecule has 17 heavy (non-hydrogen) atoms. The molecule has 0 aliphatic heterocycles. The molecule has 0 amide bonds. The van der Waals surface area contributed by atoms with Crippen molar-refractivity contribution in [3.8, 4) is 5.69 Å². The van der Waals surface area contributed by atoms with Crippen molar-refractivity contribution in [3.05, 3.63) is 45.1 Å². The van der Waals surface area contributed by atoms with Gasteiger partial charge in [-0.25, -0.2) is 9.48 Å². The molecule has 2 aromatic rings. The summed E-state index contributed by atoms with van der Waals surface area (Å²) in [6.07, 6.45) is 1.77. The third kappa shape index (κ3) is 2.35. The average molecular weight is 316 g/mol. The van der Waals surface area contributed by atoms with Crippen molar-refractivity contribution in [2.45, 2.75) is 6.92 Å². The summed E-state index contributed by atoms with van der Waals surface area (Å²) in [4.78, 5) is 11.0. The average Bonchev–Trinajstić information content (AvgIpc) is 2.59. The Labute approximate surface area is 111 Å². The van der Waals surface area contributed by atoms with E-state index in [2.05, 4.69) is 21.0 Å². The number of carboxylic acid groups (broad SMARTS) is 1. The topological polar surface area (TPSA) is 55.1 Å². The van der Waals surface area contributed by atoms with Gasteiger partial charge in [-0.2, -0.15) is 5.10 Å². The Kier molecular flexibility index (Phi) is 3.22. The summed E-state index contributed by atoms with van der Waals surface area (Å²) in [5, 5.41) is 13.4. The van der Waals surface area contributed by atoms with Crippen LogP contribution in [0.2, 0.25) is 5.02 Å². The zero-order valence-corrected chi connectivity index (χ0v) is 11.2. The minimum atomic E-state index is -1.06. The van der Waals surface area contributed by atoms with Crippen molar-refractivity contribution in [2.75, 3.05) is 0 Å². The number of carbonyl (C=O) groups is 1. The molecule has 1 aromatic heterocycles. The summed E-state index contributed by atoms with van der Waals surface area (Å²) in [7, 11) is 0. The third-order valence-electron chi connectivity index (χ3n) is 2.28. The van der Waals surface area contributed by atoms with E-state index in [1.54, 1.807) is 23.0 Å². The highest BCUT2D eigenvalue weighted by Gasteiger charge is 2.11. The Balaban J connectivity index is 2.53. The second-order valence-corrected chi connectivity index (χ2v) is 4.74. The first kappa shape index (κ1) is 12.1. The van der Waals surface area contributed by atoms with E-state index in [4.69, 9.17) is 16.7 Å². The fourth-order valence-electron chi connectivity index (χ4n) is 1.39. The van der Waals surface area contributed by atoms with Gasteiger partial charge in [0.2, 0.25) is 0 Å². The first-order valence-electron chi connectivity index (χ1n) is 4.74. The lowest BCUT2D eigenvalue weighted by Gasteiger charge is -2.04. The van der Waals surface area contributed by atoms with Gasteiger partial charge in [0, 0.05) is 6.20 Å². The number of hydrogen-bond donors (Lipinski definition) is 1. The number of carboxylic acids is 1. The summed E-state index contributed by atoms with van der Waals surface area (Å²) in [5.41, 5.74) is 1.55. The molecule has 2 rings (SSSR count). The van der Waals surface area contributed by atoms with Crippen molar-refractivity contribution in [3.63, 3.8) is 0 Å². The molecule has 6 heteroatoms. The number of hydrogen-bond acceptors (Lipinski definition) is 2. The minimum absolute atomic E-state index is 0.0634. The Morgan fingerprint density at radius 1 is 1.53 bits per heavy atom. The first-order valence-corrected chi connectivity index (χ1v) is 5.91. The maximum absolute atomic E-state index is 11.0. The molecule has 0 unspecified atom stereocenters. The number of aromatic nitrogens is 2. The SMILES string of the molecule is Cc1nn(-c2ccc(Cl)c(C(=O)O)c2)cc1Br. The molecule has 0 aliphatic rings. The molecule has 0 saturated heterocycles. The van der Waals surface area contributed by atoms with Crippen LogP contribution in [0.1, 0.15) is 16.1 Å². The van der Waals surface area contributed by atoms with E-state index in [9.17, 15) is 4.79 Å². The molecule has 1 heterocycles. The lowest BCUT2D eigenvalue weighted by molar-refractivity contribution is 0.0697. The predicted molar refractivity (Wildman–Crippen MR) is 68.0 cm³/mol. The van der Waals surface area contributed by atoms with Gasteiger partial charge in [0.05, 0.1) is 26.4 Å². The summed E-state index contributed by atoms with van der Waals surface area (Å²) in [5.74, 6) is -1.06. The van der Waals surface area contributed by atoms with E-state index < -0.39 is 5.97 Å². The second kappa shape index (κ2) is 4.50. The first-order chi connectivity index (χ1) is 7.99. The summed E-state index contributed by atoms with van der Waals surface area (Å²) < 4.78 is 2.46. The lowest BCUT2D eigenvalue weighted by atomic mass is 10.2. The second-order valence-electron chi connectivity index (χ2n) is 3.48. The number of aromatic carboxylic acids is 1. The van der Waals surface area contributed by atoms with Crippen LogP contribution in [0, 0.1) is 6.92 Å². The van der Waals surface area contributed by atoms with Gasteiger partial charge in [-0.05, 0) is 41.1 Å². The zero-order chi connectivity index (χ0) is 12.6. The lowest BCUT2D eigenvalue weighted by Crippen LogP contribution is -2.01. The van der Waals surface area contributed by atoms with Crippen molar-refractivity contribution in [1.82, 2.24) is 9.78 Å². The van der Waals surface area contributed by atoms with Gasteiger partial charge < -0.3 is 5.11 Å². The Morgan fingerprint density at radius 3 is 2.76 bits per heavy atom. The monoisotopic (exact) mass is 314 g/mol. The third-order valence-corrected chi connectivity index (χ3v) is 3.39. The summed E-state index contributed by atoms with van der Waals surface area (Å²) >= 11 is 9.14. The van der Waals surface area contributed by atoms with E-state index >= 15 is 0 Å². The van der Waals surface area contributed by atoms with Crippen LogP contribution < -0.4 is 0 Å². The molecule has 0 atom stereocenters. The smallest absolute Gasteiger partial charge is 0.337 e. The highest BCUT2D eigenvalue weighted by molar-refractivity contribution is 9.10. The van der Waals surface area contributed by atoms with Crippen molar-refractivity contribution >= 4 is 33.5 Å². The van der Waals surface area contributed by atoms with Crippen molar-refractivity contribution < 1.29 is 9.90 Å². The molecule has 0 spiro atoms. The largest absolute Gasteiger partial charge is 0.478 e. The highest BCUT2D eigenvalue weighted by atomic mass is 79.9. The van der Waals surface area contributed by atoms with Crippen molar-refractivity contribution in [1.29, 1.82) is 0 Å². The summed E-state index contributed by atoms with van der Waals surface area (Å²) in [6, 6.07) is 4.75. The van der Waals surface area contributed by atoms with E-state index in [0.29, 0.717) is 5.69 Å². The van der Waals surface area contributed by atoms with Crippen LogP contribution >= 0.6 is 27.5 Å². The fraction of sp³-hybridized carbons (Fsp3) is 0.0909. The molecule has 1 aromatic carbocycles. The van der Waals surface area contributed by atoms with Crippen LogP contribution in [0.15, 0.2) is 28.9 Å². The molecular weight excluding hydrogens is 307 g/mol. The fourth-order valence-corrected chi connectivity index (χ4v) is 1.86. The van der Waals surface area contributed by atoms with Gasteiger partial charge in [-0.15, -0.1) is 0 Å². The van der Waals surface area contributed by atoms with Crippen LogP contribution in [0.4, 0.5) is 0 Å². The van der Waals surface area contributed by atoms with E-state index in [1.807, 2.05) is 6.92 Å². The highest BCUT2D eigenvalue weighted by Crippen LogP contribution is 2.22. The molecule has 0 fully saturated rings. The van der Waals surface area contributed by atoms with E-state index in [0.717, 1.165) is 10.2 Å². The van der Waals surface area contributed by atoms with Gasteiger partial charge >= 0.3 is 5.97 Å². The van der Waals surface area contributed by atoms with Gasteiger partial charge in [-0.1, -0.05) is 11.6 Å². The van der Waals surface area contributed by atoms with E-state index in [-0.39, 0.29) is 10.6 Å². The van der Waals surface area contributed by atoms with Crippen LogP contribution in [0.25, 0.3) is 5.69 Å². The quantitative estimate of drug-likeness (QED) is 0.925. The summed E-state index contributed by atoms with van der Waals surface area (Å²) in [6.45, 7) is 1.86. The standard InChI is InChI=1S/C11H8BrClN2O2/c1-6-9(12)5-15(14-6)7-2-3-10(13)8(4-7)11(16)17/h2-5H,1H3,(H,16,17).